The molecule has 0 bridgehead atoms. The number of hydrogen-bond donors (Lipinski definition) is 1. The van der Waals surface area contributed by atoms with E-state index in [1.165, 1.54) is 4.55 Å². The summed E-state index contributed by atoms with van der Waals surface area (Å²) in [6.45, 7) is 4.46. The van der Waals surface area contributed by atoms with Crippen molar-refractivity contribution in [2.45, 2.75) is 18.4 Å². The van der Waals surface area contributed by atoms with Gasteiger partial charge in [0.05, 0.1) is 6.26 Å². The van der Waals surface area contributed by atoms with Crippen LogP contribution >= 0.6 is 0 Å². The largest absolute Gasteiger partial charge is 1.41 e. The molecule has 0 fully saturated rings. The molecule has 0 spiro atoms. The molecule has 0 aromatic carbocycles. The standard InChI is InChI=1S/C4H9.CH4O3S.Mg/c1-4(2)3;1-5(2,3)4;/h4H,1H2,2-3H3;1H3,(H,2,3,4);/q;;+2. The Balaban J connectivity index is 0. The molecule has 0 atom stereocenters. The average Bonchev–Trinajstić information content (AvgIpc) is 1.61. The molecule has 3 nitrogen and oxygen atoms in total. The molecule has 0 amide bonds. The van der Waals surface area contributed by atoms with Gasteiger partial charge in [-0.05, 0) is 0 Å². The van der Waals surface area contributed by atoms with Gasteiger partial charge in [0.2, 0.25) is 0 Å². The summed E-state index contributed by atoms with van der Waals surface area (Å²) in [5.74, 6) is 0.897. The zero-order chi connectivity index (χ0) is 8.78. The molecule has 0 aromatic rings. The summed E-state index contributed by atoms with van der Waals surface area (Å²) in [6.07, 6.45) is 0.715. The summed E-state index contributed by atoms with van der Waals surface area (Å²) in [6, 6.07) is 0. The van der Waals surface area contributed by atoms with Crippen molar-refractivity contribution in [1.29, 1.82) is 0 Å². The van der Waals surface area contributed by atoms with Crippen molar-refractivity contribution in [2.24, 2.45) is 5.92 Å². The van der Waals surface area contributed by atoms with Crippen LogP contribution in [0.1, 0.15) is 13.8 Å². The monoisotopic (exact) mass is 177 g/mol. The third kappa shape index (κ3) is 71.4. The first kappa shape index (κ1) is 13.3. The fourth-order valence-corrected chi connectivity index (χ4v) is 0. The van der Waals surface area contributed by atoms with E-state index in [-0.39, 0.29) is 0 Å². The van der Waals surface area contributed by atoms with Gasteiger partial charge in [0.25, 0.3) is 14.7 Å². The normalized spacial score (nSPS) is 10.6. The molecule has 0 aromatic heterocycles. The van der Waals surface area contributed by atoms with Gasteiger partial charge in [-0.1, -0.05) is 13.8 Å². The van der Waals surface area contributed by atoms with Crippen LogP contribution in [0.25, 0.3) is 0 Å². The lowest BCUT2D eigenvalue weighted by atomic mass is 10.3. The third-order valence-electron chi connectivity index (χ3n) is 0.577. The van der Waals surface area contributed by atoms with Crippen LogP contribution in [-0.2, 0) is 10.1 Å². The second-order valence-electron chi connectivity index (χ2n) is 2.42. The van der Waals surface area contributed by atoms with E-state index in [1.54, 1.807) is 0 Å². The van der Waals surface area contributed by atoms with Crippen molar-refractivity contribution in [3.05, 3.63) is 0 Å². The molecule has 7 radical (unpaired) electrons. The lowest BCUT2D eigenvalue weighted by Gasteiger charge is -1.75. The first-order chi connectivity index (χ1) is 4.27. The summed E-state index contributed by atoms with van der Waals surface area (Å²) in [5, 5.41) is 0. The third-order valence-corrected chi connectivity index (χ3v) is 1.73. The van der Waals surface area contributed by atoms with Crippen molar-refractivity contribution in [2.75, 3.05) is 6.26 Å². The lowest BCUT2D eigenvalue weighted by Crippen LogP contribution is -1.88. The lowest BCUT2D eigenvalue weighted by molar-refractivity contribution is 0.490. The molecule has 1 N–H and O–H groups in total. The molecule has 0 saturated carbocycles. The van der Waals surface area contributed by atoms with Crippen LogP contribution in [0.15, 0.2) is 0 Å². The van der Waals surface area contributed by atoms with Crippen LogP contribution in [0, 0.1) is 5.92 Å². The second kappa shape index (κ2) is 6.39. The highest BCUT2D eigenvalue weighted by Crippen LogP contribution is 1.92. The van der Waals surface area contributed by atoms with Gasteiger partial charge < -0.3 is 0 Å². The Morgan fingerprint density at radius 1 is 1.50 bits per heavy atom. The molecule has 0 saturated heterocycles. The van der Waals surface area contributed by atoms with E-state index in [9.17, 15) is 8.42 Å². The zero-order valence-electron chi connectivity index (χ0n) is 6.66. The van der Waals surface area contributed by atoms with Crippen molar-refractivity contribution in [3.8, 4) is 0 Å². The summed E-state index contributed by atoms with van der Waals surface area (Å²) >= 11 is 2.03. The van der Waals surface area contributed by atoms with Gasteiger partial charge in [-0.2, -0.15) is 8.42 Å². The van der Waals surface area contributed by atoms with Gasteiger partial charge >= 0.3 is 21.7 Å². The molecule has 57 valence electrons. The fourth-order valence-electron chi connectivity index (χ4n) is 0. The van der Waals surface area contributed by atoms with Crippen molar-refractivity contribution in [3.63, 3.8) is 0 Å². The predicted molar refractivity (Wildman–Crippen MR) is 42.9 cm³/mol. The van der Waals surface area contributed by atoms with Gasteiger partial charge in [-0.3, -0.25) is 4.55 Å². The van der Waals surface area contributed by atoms with Crippen LogP contribution < -0.4 is 0 Å². The Kier molecular flexibility index (Phi) is 8.49. The first-order valence-corrected chi connectivity index (χ1v) is 5.84. The summed E-state index contributed by atoms with van der Waals surface area (Å²) < 4.78 is 27.2. The summed E-state index contributed by atoms with van der Waals surface area (Å²) in [5.41, 5.74) is 0. The van der Waals surface area contributed by atoms with E-state index >= 15 is 0 Å². The van der Waals surface area contributed by atoms with Crippen molar-refractivity contribution < 1.29 is 13.0 Å². The van der Waals surface area contributed by atoms with E-state index in [1.807, 2.05) is 21.7 Å². The number of rotatable bonds is 1. The maximum absolute atomic E-state index is 9.19. The Morgan fingerprint density at radius 3 is 1.60 bits per heavy atom. The van der Waals surface area contributed by atoms with E-state index in [4.69, 9.17) is 4.55 Å². The highest BCUT2D eigenvalue weighted by Gasteiger charge is 2.24. The maximum Gasteiger partial charge on any atom is 1.41 e. The second-order valence-corrected chi connectivity index (χ2v) is 4.46. The molecular weight excluding hydrogens is 164 g/mol. The van der Waals surface area contributed by atoms with E-state index < -0.39 is 10.1 Å². The Labute approximate surface area is 75.4 Å². The predicted octanol–water partition coefficient (Wildman–Crippen LogP) is 0.733. The zero-order valence-corrected chi connectivity index (χ0v) is 8.89. The van der Waals surface area contributed by atoms with Gasteiger partial charge in [0.1, 0.15) is 0 Å². The maximum atomic E-state index is 9.19. The van der Waals surface area contributed by atoms with Crippen LogP contribution in [0.3, 0.4) is 0 Å². The fraction of sp³-hybridized carbons (Fsp3) is 1.00. The molecule has 0 unspecified atom stereocenters. The van der Waals surface area contributed by atoms with E-state index in [2.05, 4.69) is 13.8 Å². The minimum absolute atomic E-state index is 0.715. The van der Waals surface area contributed by atoms with Gasteiger partial charge in [0, 0.05) is 5.92 Å². The van der Waals surface area contributed by atoms with Crippen LogP contribution in [0.2, 0.25) is 4.55 Å². The Morgan fingerprint density at radius 2 is 1.60 bits per heavy atom. The highest BCUT2D eigenvalue weighted by atomic mass is 32.2. The minimum atomic E-state index is -3.67. The summed E-state index contributed by atoms with van der Waals surface area (Å²) in [4.78, 5) is 0. The highest BCUT2D eigenvalue weighted by molar-refractivity contribution is 7.85. The molecule has 0 aliphatic carbocycles. The van der Waals surface area contributed by atoms with Crippen LogP contribution in [0.4, 0.5) is 0 Å². The van der Waals surface area contributed by atoms with Crippen LogP contribution in [-0.4, -0.2) is 40.9 Å². The number of hydrogen-bond acceptors (Lipinski definition) is 2. The smallest absolute Gasteiger partial charge is 0.286 e. The molecule has 10 heavy (non-hydrogen) atoms. The topological polar surface area (TPSA) is 54.4 Å². The molecule has 5 heteroatoms. The minimum Gasteiger partial charge on any atom is -0.286 e. The Hall–Kier alpha value is 0.676. The molecule has 0 aliphatic heterocycles. The van der Waals surface area contributed by atoms with Gasteiger partial charge in [-0.15, -0.1) is 0 Å². The van der Waals surface area contributed by atoms with Gasteiger partial charge in [-0.25, -0.2) is 0 Å². The van der Waals surface area contributed by atoms with E-state index in [0.717, 1.165) is 5.92 Å². The Bertz CT molecular complexity index is 142. The molecule has 0 rings (SSSR count). The van der Waals surface area contributed by atoms with Crippen molar-refractivity contribution >= 4 is 31.8 Å². The summed E-state index contributed by atoms with van der Waals surface area (Å²) in [7, 11) is -3.67. The molecule has 0 aliphatic rings. The van der Waals surface area contributed by atoms with Gasteiger partial charge in [0.15, 0.2) is 0 Å². The quantitative estimate of drug-likeness (QED) is 0.475. The average molecular weight is 178 g/mol. The first-order valence-electron chi connectivity index (χ1n) is 2.99. The SMILES string of the molecule is CC(C)[CH2][Mg+2].CS(=O)(=O)O. The van der Waals surface area contributed by atoms with Crippen LogP contribution in [0.5, 0.6) is 0 Å². The van der Waals surface area contributed by atoms with E-state index in [0.29, 0.717) is 6.26 Å². The molecular formula is C5H13MgO3S+2. The molecule has 0 heterocycles. The van der Waals surface area contributed by atoms with Crippen molar-refractivity contribution in [1.82, 2.24) is 0 Å².